The molecule has 1 aliphatic carbocycles. The summed E-state index contributed by atoms with van der Waals surface area (Å²) in [6, 6.07) is 13.0. The maximum absolute atomic E-state index is 13.4. The van der Waals surface area contributed by atoms with Gasteiger partial charge in [0.25, 0.3) is 5.91 Å². The van der Waals surface area contributed by atoms with E-state index in [1.165, 1.54) is 22.3 Å². The molecule has 1 aromatic heterocycles. The molecule has 5 nitrogen and oxygen atoms in total. The molecule has 1 fully saturated rings. The van der Waals surface area contributed by atoms with Gasteiger partial charge in [-0.25, -0.2) is 4.98 Å². The third kappa shape index (κ3) is 2.88. The maximum atomic E-state index is 13.4. The number of H-pyrrole nitrogens is 1. The quantitative estimate of drug-likeness (QED) is 0.699. The van der Waals surface area contributed by atoms with Gasteiger partial charge in [0.2, 0.25) is 0 Å². The molecule has 2 aliphatic heterocycles. The summed E-state index contributed by atoms with van der Waals surface area (Å²) in [5, 5.41) is 0. The van der Waals surface area contributed by atoms with Gasteiger partial charge in [-0.05, 0) is 66.1 Å². The van der Waals surface area contributed by atoms with Gasteiger partial charge in [-0.2, -0.15) is 0 Å². The van der Waals surface area contributed by atoms with Crippen molar-refractivity contribution in [2.45, 2.75) is 37.6 Å². The van der Waals surface area contributed by atoms with Crippen LogP contribution in [0.1, 0.15) is 52.2 Å². The third-order valence-corrected chi connectivity index (χ3v) is 7.02. The summed E-state index contributed by atoms with van der Waals surface area (Å²) in [6.45, 7) is 2.35. The molecule has 1 N–H and O–H groups in total. The van der Waals surface area contributed by atoms with Gasteiger partial charge in [-0.15, -0.1) is 0 Å². The van der Waals surface area contributed by atoms with E-state index in [-0.39, 0.29) is 11.9 Å². The number of hydrogen-bond donors (Lipinski definition) is 1. The lowest BCUT2D eigenvalue weighted by Crippen LogP contribution is -2.46. The lowest BCUT2D eigenvalue weighted by atomic mass is 9.87. The van der Waals surface area contributed by atoms with Crippen LogP contribution in [0.4, 0.5) is 0 Å². The summed E-state index contributed by atoms with van der Waals surface area (Å²) < 4.78 is 5.48. The Hall–Kier alpha value is -2.92. The molecule has 2 aromatic carbocycles. The van der Waals surface area contributed by atoms with Crippen LogP contribution >= 0.6 is 0 Å². The van der Waals surface area contributed by atoms with E-state index in [1.54, 1.807) is 6.33 Å². The van der Waals surface area contributed by atoms with E-state index in [9.17, 15) is 4.79 Å². The van der Waals surface area contributed by atoms with E-state index >= 15 is 0 Å². The van der Waals surface area contributed by atoms with Crippen LogP contribution in [0.2, 0.25) is 0 Å². The fraction of sp³-hybridized carbons (Fsp3) is 0.360. The largest absolute Gasteiger partial charge is 0.377 e. The number of nitrogens with zero attached hydrogens (tertiary/aromatic N) is 2. The average Bonchev–Trinajstić information content (AvgIpc) is 3.42. The first-order valence-corrected chi connectivity index (χ1v) is 10.9. The number of amides is 1. The number of hydrogen-bond acceptors (Lipinski definition) is 3. The number of aromatic amines is 1. The molecule has 1 amide bonds. The molecule has 30 heavy (non-hydrogen) atoms. The Labute approximate surface area is 175 Å². The van der Waals surface area contributed by atoms with Crippen molar-refractivity contribution in [2.75, 3.05) is 19.8 Å². The summed E-state index contributed by atoms with van der Waals surface area (Å²) in [5.41, 5.74) is 8.13. The summed E-state index contributed by atoms with van der Waals surface area (Å²) in [4.78, 5) is 23.0. The number of carbonyl (C=O) groups excluding carboxylic acids is 1. The molecule has 0 spiro atoms. The van der Waals surface area contributed by atoms with Crippen molar-refractivity contribution in [2.24, 2.45) is 0 Å². The van der Waals surface area contributed by atoms with Gasteiger partial charge in [0, 0.05) is 24.1 Å². The molecule has 5 heteroatoms. The van der Waals surface area contributed by atoms with Gasteiger partial charge in [0.05, 0.1) is 30.6 Å². The zero-order chi connectivity index (χ0) is 20.1. The van der Waals surface area contributed by atoms with Gasteiger partial charge >= 0.3 is 0 Å². The van der Waals surface area contributed by atoms with Crippen LogP contribution in [0.3, 0.4) is 0 Å². The van der Waals surface area contributed by atoms with Crippen molar-refractivity contribution in [3.8, 4) is 0 Å². The van der Waals surface area contributed by atoms with Gasteiger partial charge in [-0.1, -0.05) is 24.3 Å². The van der Waals surface area contributed by atoms with Crippen LogP contribution in [0, 0.1) is 0 Å². The molecule has 2 atom stereocenters. The monoisotopic (exact) mass is 399 g/mol. The second-order valence-corrected chi connectivity index (χ2v) is 8.62. The molecule has 0 radical (unpaired) electrons. The van der Waals surface area contributed by atoms with E-state index < -0.39 is 0 Å². The predicted molar refractivity (Wildman–Crippen MR) is 116 cm³/mol. The highest BCUT2D eigenvalue weighted by Gasteiger charge is 2.41. The highest BCUT2D eigenvalue weighted by atomic mass is 16.5. The van der Waals surface area contributed by atoms with Crippen LogP contribution in [0.5, 0.6) is 0 Å². The number of imidazole rings is 1. The average molecular weight is 399 g/mol. The molecule has 0 saturated carbocycles. The molecule has 0 unspecified atom stereocenters. The van der Waals surface area contributed by atoms with E-state index in [4.69, 9.17) is 4.74 Å². The first-order chi connectivity index (χ1) is 14.8. The minimum Gasteiger partial charge on any atom is -0.377 e. The van der Waals surface area contributed by atoms with Crippen LogP contribution < -0.4 is 0 Å². The van der Waals surface area contributed by atoms with E-state index in [0.717, 1.165) is 55.4 Å². The summed E-state index contributed by atoms with van der Waals surface area (Å²) >= 11 is 0. The Morgan fingerprint density at radius 3 is 3.07 bits per heavy atom. The Morgan fingerprint density at radius 2 is 2.17 bits per heavy atom. The molecular formula is C25H25N3O2. The standard InChI is InChI=1S/C25H25N3O2/c29-25(19-5-6-22-23(13-19)27-15-26-22)28-9-1-2-20-21-12-17(16-7-10-30-11-8-16)3-4-18(21)14-24(20)28/h3-7,12-13,15,20,24H,1-2,8-11,14H2,(H,26,27)/t20-,24+/m0/s1. The summed E-state index contributed by atoms with van der Waals surface area (Å²) in [5.74, 6) is 0.579. The Balaban J connectivity index is 1.30. The SMILES string of the molecule is O=C(c1ccc2nc[nH]c2c1)N1CCC[C@H]2c3cc(C4=CCOCC4)ccc3C[C@H]21. The van der Waals surface area contributed by atoms with E-state index in [1.807, 2.05) is 18.2 Å². The molecule has 1 saturated heterocycles. The molecule has 3 aromatic rings. The maximum Gasteiger partial charge on any atom is 0.254 e. The number of nitrogens with one attached hydrogen (secondary N) is 1. The predicted octanol–water partition coefficient (Wildman–Crippen LogP) is 4.31. The Bertz CT molecular complexity index is 1160. The zero-order valence-corrected chi connectivity index (χ0v) is 16.9. The second-order valence-electron chi connectivity index (χ2n) is 8.62. The number of piperidine rings is 1. The zero-order valence-electron chi connectivity index (χ0n) is 16.9. The van der Waals surface area contributed by atoms with Crippen molar-refractivity contribution in [3.05, 3.63) is 71.1 Å². The van der Waals surface area contributed by atoms with Crippen molar-refractivity contribution in [1.82, 2.24) is 14.9 Å². The van der Waals surface area contributed by atoms with Gasteiger partial charge in [0.1, 0.15) is 0 Å². The Kier molecular flexibility index (Phi) is 4.23. The Morgan fingerprint density at radius 1 is 1.20 bits per heavy atom. The lowest BCUT2D eigenvalue weighted by molar-refractivity contribution is 0.0595. The van der Waals surface area contributed by atoms with Crippen molar-refractivity contribution < 1.29 is 9.53 Å². The minimum absolute atomic E-state index is 0.140. The minimum atomic E-state index is 0.140. The van der Waals surface area contributed by atoms with E-state index in [0.29, 0.717) is 12.5 Å². The summed E-state index contributed by atoms with van der Waals surface area (Å²) in [6.07, 6.45) is 8.04. The molecule has 3 aliphatic rings. The van der Waals surface area contributed by atoms with Crippen molar-refractivity contribution in [3.63, 3.8) is 0 Å². The number of rotatable bonds is 2. The number of likely N-dealkylation sites (tertiary alicyclic amines) is 1. The lowest BCUT2D eigenvalue weighted by Gasteiger charge is -2.38. The van der Waals surface area contributed by atoms with Crippen molar-refractivity contribution >= 4 is 22.5 Å². The topological polar surface area (TPSA) is 58.2 Å². The normalized spacial score (nSPS) is 23.2. The smallest absolute Gasteiger partial charge is 0.254 e. The fourth-order valence-electron chi connectivity index (χ4n) is 5.50. The molecule has 3 heterocycles. The van der Waals surface area contributed by atoms with Crippen LogP contribution in [0.15, 0.2) is 48.8 Å². The summed E-state index contributed by atoms with van der Waals surface area (Å²) in [7, 11) is 0. The van der Waals surface area contributed by atoms with Gasteiger partial charge in [0.15, 0.2) is 0 Å². The molecule has 6 rings (SSSR count). The van der Waals surface area contributed by atoms with Crippen LogP contribution in [-0.4, -0.2) is 46.6 Å². The molecule has 152 valence electrons. The van der Waals surface area contributed by atoms with Crippen LogP contribution in [0.25, 0.3) is 16.6 Å². The number of carbonyl (C=O) groups is 1. The third-order valence-electron chi connectivity index (χ3n) is 7.02. The van der Waals surface area contributed by atoms with Crippen molar-refractivity contribution in [1.29, 1.82) is 0 Å². The first kappa shape index (κ1) is 17.9. The number of aromatic nitrogens is 2. The van der Waals surface area contributed by atoms with Gasteiger partial charge < -0.3 is 14.6 Å². The first-order valence-electron chi connectivity index (χ1n) is 10.9. The number of benzene rings is 2. The molecular weight excluding hydrogens is 374 g/mol. The second kappa shape index (κ2) is 7.10. The number of ether oxygens (including phenoxy) is 1. The fourth-order valence-corrected chi connectivity index (χ4v) is 5.50. The van der Waals surface area contributed by atoms with E-state index in [2.05, 4.69) is 39.1 Å². The number of fused-ring (bicyclic) bond motifs is 4. The van der Waals surface area contributed by atoms with Crippen LogP contribution in [-0.2, 0) is 11.2 Å². The highest BCUT2D eigenvalue weighted by Crippen LogP contribution is 2.43. The molecule has 0 bridgehead atoms. The van der Waals surface area contributed by atoms with Gasteiger partial charge in [-0.3, -0.25) is 4.79 Å². The highest BCUT2D eigenvalue weighted by molar-refractivity contribution is 5.97.